The number of aromatic nitrogens is 2. The van der Waals surface area contributed by atoms with E-state index in [0.29, 0.717) is 5.25 Å². The van der Waals surface area contributed by atoms with Gasteiger partial charge >= 0.3 is 0 Å². The van der Waals surface area contributed by atoms with E-state index in [1.54, 1.807) is 11.8 Å². The molecule has 0 spiro atoms. The van der Waals surface area contributed by atoms with Crippen molar-refractivity contribution in [2.45, 2.75) is 43.9 Å². The lowest BCUT2D eigenvalue weighted by Crippen LogP contribution is -2.05. The van der Waals surface area contributed by atoms with Gasteiger partial charge in [-0.3, -0.25) is 0 Å². The molecule has 1 heterocycles. The summed E-state index contributed by atoms with van der Waals surface area (Å²) in [5, 5.41) is 4.79. The average molecular weight is 304 g/mol. The first-order valence-electron chi connectivity index (χ1n) is 5.60. The van der Waals surface area contributed by atoms with Crippen molar-refractivity contribution in [1.29, 1.82) is 0 Å². The van der Waals surface area contributed by atoms with Crippen molar-refractivity contribution in [3.63, 3.8) is 0 Å². The highest BCUT2D eigenvalue weighted by atomic mass is 79.9. The largest absolute Gasteiger partial charge is 0.354 e. The number of thioether (sulfide) groups is 1. The number of rotatable bonds is 6. The zero-order valence-electron chi connectivity index (χ0n) is 9.96. The molecule has 90 valence electrons. The Morgan fingerprint density at radius 2 is 2.25 bits per heavy atom. The van der Waals surface area contributed by atoms with Crippen molar-refractivity contribution >= 4 is 33.6 Å². The molecule has 16 heavy (non-hydrogen) atoms. The second kappa shape index (κ2) is 7.12. The lowest BCUT2D eigenvalue weighted by molar-refractivity contribution is 0.892. The summed E-state index contributed by atoms with van der Waals surface area (Å²) in [6.07, 6.45) is 4.03. The molecule has 0 aliphatic rings. The van der Waals surface area contributed by atoms with Gasteiger partial charge in [0.15, 0.2) is 0 Å². The van der Waals surface area contributed by atoms with Crippen LogP contribution in [0.3, 0.4) is 0 Å². The van der Waals surface area contributed by atoms with E-state index in [4.69, 9.17) is 0 Å². The Balaban J connectivity index is 2.73. The Hall–Kier alpha value is -0.290. The van der Waals surface area contributed by atoms with Crippen molar-refractivity contribution in [2.24, 2.45) is 0 Å². The zero-order valence-corrected chi connectivity index (χ0v) is 12.4. The monoisotopic (exact) mass is 303 g/mol. The van der Waals surface area contributed by atoms with Gasteiger partial charge in [-0.1, -0.05) is 20.8 Å². The molecule has 0 aliphatic carbocycles. The van der Waals surface area contributed by atoms with E-state index in [2.05, 4.69) is 52.0 Å². The highest BCUT2D eigenvalue weighted by molar-refractivity contribution is 9.10. The molecule has 3 nitrogen and oxygen atoms in total. The Kier molecular flexibility index (Phi) is 6.13. The molecule has 1 aromatic heterocycles. The Bertz CT molecular complexity index is 333. The second-order valence-electron chi connectivity index (χ2n) is 3.61. The highest BCUT2D eigenvalue weighted by Crippen LogP contribution is 2.30. The molecule has 1 N–H and O–H groups in total. The number of nitrogens with zero attached hydrogens (tertiary/aromatic N) is 2. The fraction of sp³-hybridized carbons (Fsp3) is 0.636. The third-order valence-electron chi connectivity index (χ3n) is 2.13. The lowest BCUT2D eigenvalue weighted by atomic mass is 10.4. The van der Waals surface area contributed by atoms with Gasteiger partial charge in [0.25, 0.3) is 0 Å². The standard InChI is InChI=1S/C11H18BrN3S/c1-4-6-13-11-14-7-9(12)10(15-11)16-8(3)5-2/h7-8H,4-6H2,1-3H3,(H,13,14,15). The van der Waals surface area contributed by atoms with Crippen LogP contribution in [-0.2, 0) is 0 Å². The molecule has 0 fully saturated rings. The summed E-state index contributed by atoms with van der Waals surface area (Å²) in [6.45, 7) is 7.43. The summed E-state index contributed by atoms with van der Waals surface area (Å²) in [4.78, 5) is 8.72. The second-order valence-corrected chi connectivity index (χ2v) is 5.89. The molecule has 0 bridgehead atoms. The molecule has 1 unspecified atom stereocenters. The normalized spacial score (nSPS) is 12.5. The van der Waals surface area contributed by atoms with Crippen LogP contribution in [-0.4, -0.2) is 21.8 Å². The van der Waals surface area contributed by atoms with Gasteiger partial charge in [0.05, 0.1) is 4.47 Å². The summed E-state index contributed by atoms with van der Waals surface area (Å²) in [6, 6.07) is 0. The molecule has 5 heteroatoms. The predicted octanol–water partition coefficient (Wildman–Crippen LogP) is 3.95. The molecule has 0 aromatic carbocycles. The molecular weight excluding hydrogens is 286 g/mol. The SMILES string of the molecule is CCCNc1ncc(Br)c(SC(C)CC)n1. The smallest absolute Gasteiger partial charge is 0.223 e. The highest BCUT2D eigenvalue weighted by Gasteiger charge is 2.09. The molecule has 1 rings (SSSR count). The van der Waals surface area contributed by atoms with Crippen molar-refractivity contribution in [2.75, 3.05) is 11.9 Å². The third kappa shape index (κ3) is 4.29. The first kappa shape index (κ1) is 13.8. The van der Waals surface area contributed by atoms with Gasteiger partial charge < -0.3 is 5.32 Å². The third-order valence-corrected chi connectivity index (χ3v) is 4.25. The van der Waals surface area contributed by atoms with Crippen LogP contribution >= 0.6 is 27.7 Å². The van der Waals surface area contributed by atoms with Crippen molar-refractivity contribution in [3.05, 3.63) is 10.7 Å². The van der Waals surface area contributed by atoms with Crippen molar-refractivity contribution in [1.82, 2.24) is 9.97 Å². The predicted molar refractivity (Wildman–Crippen MR) is 74.1 cm³/mol. The minimum Gasteiger partial charge on any atom is -0.354 e. The number of nitrogens with one attached hydrogen (secondary N) is 1. The maximum absolute atomic E-state index is 4.49. The van der Waals surface area contributed by atoms with Gasteiger partial charge in [0, 0.05) is 18.0 Å². The van der Waals surface area contributed by atoms with Crippen LogP contribution in [0, 0.1) is 0 Å². The van der Waals surface area contributed by atoms with E-state index >= 15 is 0 Å². The van der Waals surface area contributed by atoms with E-state index in [1.165, 1.54) is 0 Å². The number of anilines is 1. The van der Waals surface area contributed by atoms with E-state index in [1.807, 2.05) is 6.20 Å². The van der Waals surface area contributed by atoms with Crippen LogP contribution in [0.5, 0.6) is 0 Å². The minimum atomic E-state index is 0.574. The summed E-state index contributed by atoms with van der Waals surface area (Å²) in [5.74, 6) is 0.718. The van der Waals surface area contributed by atoms with Gasteiger partial charge in [-0.2, -0.15) is 0 Å². The van der Waals surface area contributed by atoms with Gasteiger partial charge in [-0.15, -0.1) is 11.8 Å². The Labute approximate surface area is 110 Å². The Morgan fingerprint density at radius 3 is 2.88 bits per heavy atom. The molecule has 0 saturated heterocycles. The van der Waals surface area contributed by atoms with Crippen LogP contribution in [0.1, 0.15) is 33.6 Å². The molecule has 0 aliphatic heterocycles. The lowest BCUT2D eigenvalue weighted by Gasteiger charge is -2.10. The first-order chi connectivity index (χ1) is 7.67. The summed E-state index contributed by atoms with van der Waals surface area (Å²) >= 11 is 5.26. The number of hydrogen-bond donors (Lipinski definition) is 1. The fourth-order valence-corrected chi connectivity index (χ4v) is 2.35. The minimum absolute atomic E-state index is 0.574. The number of hydrogen-bond acceptors (Lipinski definition) is 4. The topological polar surface area (TPSA) is 37.8 Å². The van der Waals surface area contributed by atoms with Crippen LogP contribution < -0.4 is 5.32 Å². The van der Waals surface area contributed by atoms with Gasteiger partial charge in [0.2, 0.25) is 5.95 Å². The van der Waals surface area contributed by atoms with Crippen LogP contribution in [0.2, 0.25) is 0 Å². The Morgan fingerprint density at radius 1 is 1.50 bits per heavy atom. The fourth-order valence-electron chi connectivity index (χ4n) is 1.03. The van der Waals surface area contributed by atoms with E-state index in [0.717, 1.165) is 34.8 Å². The first-order valence-corrected chi connectivity index (χ1v) is 7.27. The summed E-state index contributed by atoms with van der Waals surface area (Å²) < 4.78 is 0.972. The molecular formula is C11H18BrN3S. The van der Waals surface area contributed by atoms with E-state index in [-0.39, 0.29) is 0 Å². The van der Waals surface area contributed by atoms with Gasteiger partial charge in [0.1, 0.15) is 5.03 Å². The number of halogens is 1. The van der Waals surface area contributed by atoms with Gasteiger partial charge in [-0.25, -0.2) is 9.97 Å². The van der Waals surface area contributed by atoms with Crippen molar-refractivity contribution in [3.8, 4) is 0 Å². The van der Waals surface area contributed by atoms with E-state index in [9.17, 15) is 0 Å². The van der Waals surface area contributed by atoms with Crippen LogP contribution in [0.25, 0.3) is 0 Å². The molecule has 0 amide bonds. The van der Waals surface area contributed by atoms with Gasteiger partial charge in [-0.05, 0) is 28.8 Å². The van der Waals surface area contributed by atoms with E-state index < -0.39 is 0 Å². The maximum atomic E-state index is 4.49. The molecule has 0 saturated carbocycles. The van der Waals surface area contributed by atoms with Crippen LogP contribution in [0.4, 0.5) is 5.95 Å². The molecule has 1 atom stereocenters. The maximum Gasteiger partial charge on any atom is 0.223 e. The summed E-state index contributed by atoms with van der Waals surface area (Å²) in [5.41, 5.74) is 0. The zero-order chi connectivity index (χ0) is 12.0. The molecule has 0 radical (unpaired) electrons. The molecule has 1 aromatic rings. The van der Waals surface area contributed by atoms with Crippen molar-refractivity contribution < 1.29 is 0 Å². The quantitative estimate of drug-likeness (QED) is 0.638. The average Bonchev–Trinajstić information content (AvgIpc) is 2.30. The summed E-state index contributed by atoms with van der Waals surface area (Å²) in [7, 11) is 0. The van der Waals surface area contributed by atoms with Crippen LogP contribution in [0.15, 0.2) is 15.7 Å².